The Hall–Kier alpha value is -1.64. The average Bonchev–Trinajstić information content (AvgIpc) is 3.14. The maximum atomic E-state index is 13.6. The largest absolute Gasteiger partial charge is 0.361 e. The van der Waals surface area contributed by atoms with Crippen molar-refractivity contribution < 1.29 is 9.13 Å². The lowest BCUT2D eigenvalue weighted by Crippen LogP contribution is -2.22. The van der Waals surface area contributed by atoms with E-state index < -0.39 is 8.07 Å². The second-order valence-electron chi connectivity index (χ2n) is 7.17. The van der Waals surface area contributed by atoms with Crippen molar-refractivity contribution in [2.24, 2.45) is 0 Å². The van der Waals surface area contributed by atoms with Crippen LogP contribution in [0.3, 0.4) is 0 Å². The molecule has 8 heteroatoms. The van der Waals surface area contributed by atoms with Crippen LogP contribution in [0.2, 0.25) is 25.7 Å². The van der Waals surface area contributed by atoms with E-state index in [0.717, 1.165) is 28.9 Å². The summed E-state index contributed by atoms with van der Waals surface area (Å²) in [6.45, 7) is 8.08. The number of aromatic nitrogens is 4. The summed E-state index contributed by atoms with van der Waals surface area (Å²) in [4.78, 5) is 4.59. The number of H-pyrrole nitrogens is 1. The molecule has 2 aromatic heterocycles. The van der Waals surface area contributed by atoms with Crippen molar-refractivity contribution in [3.63, 3.8) is 0 Å². The molecule has 0 bridgehead atoms. The van der Waals surface area contributed by atoms with E-state index in [9.17, 15) is 4.39 Å². The second kappa shape index (κ2) is 7.31. The van der Waals surface area contributed by atoms with Crippen molar-refractivity contribution in [1.29, 1.82) is 0 Å². The summed E-state index contributed by atoms with van der Waals surface area (Å²) in [7, 11) is -1.14. The normalized spacial score (nSPS) is 12.2. The molecule has 0 aliphatic carbocycles. The third-order valence-electron chi connectivity index (χ3n) is 3.93. The van der Waals surface area contributed by atoms with Crippen molar-refractivity contribution in [3.05, 3.63) is 30.1 Å². The second-order valence-corrected chi connectivity index (χ2v) is 13.6. The van der Waals surface area contributed by atoms with Gasteiger partial charge in [0.25, 0.3) is 0 Å². The molecule has 0 unspecified atom stereocenters. The number of benzene rings is 1. The molecule has 0 aliphatic heterocycles. The minimum atomic E-state index is -1.14. The Kier molecular flexibility index (Phi) is 5.31. The zero-order valence-electron chi connectivity index (χ0n) is 15.0. The Balaban J connectivity index is 1.91. The smallest absolute Gasteiger partial charge is 0.161 e. The van der Waals surface area contributed by atoms with Gasteiger partial charge >= 0.3 is 0 Å². The molecule has 0 atom stereocenters. The minimum absolute atomic E-state index is 0.294. The third-order valence-corrected chi connectivity index (χ3v) is 6.26. The number of thioether (sulfide) groups is 1. The van der Waals surface area contributed by atoms with Crippen LogP contribution in [0, 0.1) is 5.82 Å². The Morgan fingerprint density at radius 3 is 2.76 bits per heavy atom. The molecule has 0 fully saturated rings. The van der Waals surface area contributed by atoms with E-state index in [1.165, 1.54) is 12.1 Å². The monoisotopic (exact) mass is 378 g/mol. The molecule has 1 N–H and O–H groups in total. The van der Waals surface area contributed by atoms with Crippen molar-refractivity contribution in [2.75, 3.05) is 12.9 Å². The molecule has 2 heterocycles. The first-order valence-electron chi connectivity index (χ1n) is 8.21. The number of ether oxygens (including phenoxy) is 1. The van der Waals surface area contributed by atoms with Gasteiger partial charge in [-0.1, -0.05) is 19.6 Å². The van der Waals surface area contributed by atoms with Crippen molar-refractivity contribution in [1.82, 2.24) is 19.7 Å². The molecule has 0 aliphatic rings. The lowest BCUT2D eigenvalue weighted by molar-refractivity contribution is 0.0909. The number of nitrogens with zero attached hydrogens (tertiary/aromatic N) is 3. The van der Waals surface area contributed by atoms with Crippen molar-refractivity contribution >= 4 is 30.9 Å². The number of imidazole rings is 1. The predicted molar refractivity (Wildman–Crippen MR) is 103 cm³/mol. The average molecular weight is 379 g/mol. The molecule has 0 saturated heterocycles. The van der Waals surface area contributed by atoms with E-state index in [1.54, 1.807) is 17.8 Å². The lowest BCUT2D eigenvalue weighted by Gasteiger charge is -2.16. The molecule has 0 spiro atoms. The standard InChI is InChI=1S/C17H23FN4OSSi/c1-24-16-10-14(20-21-16)17-19-13-9-12(18)5-6-15(13)22(17)11-23-7-8-25(2,3)4/h5-6,9-10H,7-8,11H2,1-4H3,(H,20,21). The number of hydrogen-bond donors (Lipinski definition) is 1. The van der Waals surface area contributed by atoms with Gasteiger partial charge in [0, 0.05) is 26.8 Å². The van der Waals surface area contributed by atoms with Gasteiger partial charge in [0.15, 0.2) is 5.82 Å². The predicted octanol–water partition coefficient (Wildman–Crippen LogP) is 4.60. The highest BCUT2D eigenvalue weighted by molar-refractivity contribution is 7.98. The summed E-state index contributed by atoms with van der Waals surface area (Å²) in [5.41, 5.74) is 2.27. The van der Waals surface area contributed by atoms with Crippen LogP contribution in [0.1, 0.15) is 0 Å². The zero-order chi connectivity index (χ0) is 18.0. The van der Waals surface area contributed by atoms with Crippen LogP contribution in [0.15, 0.2) is 29.3 Å². The van der Waals surface area contributed by atoms with Gasteiger partial charge in [0.2, 0.25) is 0 Å². The fourth-order valence-electron chi connectivity index (χ4n) is 2.50. The van der Waals surface area contributed by atoms with Gasteiger partial charge in [0.1, 0.15) is 23.3 Å². The quantitative estimate of drug-likeness (QED) is 0.371. The van der Waals surface area contributed by atoms with Crippen LogP contribution >= 0.6 is 11.8 Å². The van der Waals surface area contributed by atoms with Gasteiger partial charge in [-0.25, -0.2) is 9.37 Å². The highest BCUT2D eigenvalue weighted by Crippen LogP contribution is 2.26. The first-order valence-corrected chi connectivity index (χ1v) is 13.1. The minimum Gasteiger partial charge on any atom is -0.361 e. The van der Waals surface area contributed by atoms with Crippen molar-refractivity contribution in [3.8, 4) is 11.5 Å². The first kappa shape index (κ1) is 18.2. The fraction of sp³-hybridized carbons (Fsp3) is 0.412. The molecule has 1 aromatic carbocycles. The Morgan fingerprint density at radius 1 is 1.28 bits per heavy atom. The SMILES string of the molecule is CSc1cc(-c2nc3cc(F)ccc3n2COCC[Si](C)(C)C)[nH]n1. The maximum Gasteiger partial charge on any atom is 0.161 e. The molecule has 5 nitrogen and oxygen atoms in total. The van der Waals surface area contributed by atoms with Crippen LogP contribution in [0.25, 0.3) is 22.6 Å². The number of fused-ring (bicyclic) bond motifs is 1. The molecule has 3 aromatic rings. The van der Waals surface area contributed by atoms with Gasteiger partial charge in [-0.15, -0.1) is 11.8 Å². The third kappa shape index (κ3) is 4.31. The summed E-state index contributed by atoms with van der Waals surface area (Å²) in [6.07, 6.45) is 1.97. The van der Waals surface area contributed by atoms with Crippen LogP contribution in [0.4, 0.5) is 4.39 Å². The van der Waals surface area contributed by atoms with E-state index in [-0.39, 0.29) is 5.82 Å². The maximum absolute atomic E-state index is 13.6. The zero-order valence-corrected chi connectivity index (χ0v) is 16.8. The van der Waals surface area contributed by atoms with Gasteiger partial charge < -0.3 is 4.74 Å². The summed E-state index contributed by atoms with van der Waals surface area (Å²) in [5, 5.41) is 8.14. The number of nitrogens with one attached hydrogen (secondary N) is 1. The summed E-state index contributed by atoms with van der Waals surface area (Å²) < 4.78 is 21.5. The number of aromatic amines is 1. The lowest BCUT2D eigenvalue weighted by atomic mass is 10.3. The number of hydrogen-bond acceptors (Lipinski definition) is 4. The summed E-state index contributed by atoms with van der Waals surface area (Å²) >= 11 is 1.56. The first-order chi connectivity index (χ1) is 11.9. The van der Waals surface area contributed by atoms with Crippen LogP contribution in [0.5, 0.6) is 0 Å². The molecule has 0 amide bonds. The molecule has 0 radical (unpaired) electrons. The molecule has 25 heavy (non-hydrogen) atoms. The molecular weight excluding hydrogens is 355 g/mol. The Morgan fingerprint density at radius 2 is 2.08 bits per heavy atom. The topological polar surface area (TPSA) is 55.7 Å². The Labute approximate surface area is 152 Å². The highest BCUT2D eigenvalue weighted by Gasteiger charge is 2.17. The van der Waals surface area contributed by atoms with Crippen LogP contribution < -0.4 is 0 Å². The Bertz CT molecular complexity index is 871. The highest BCUT2D eigenvalue weighted by atomic mass is 32.2. The summed E-state index contributed by atoms with van der Waals surface area (Å²) in [6, 6.07) is 7.69. The number of halogens is 1. The molecular formula is C17H23FN4OSSi. The van der Waals surface area contributed by atoms with Crippen LogP contribution in [-0.4, -0.2) is 40.7 Å². The van der Waals surface area contributed by atoms with Gasteiger partial charge in [-0.3, -0.25) is 9.67 Å². The molecule has 134 valence electrons. The van der Waals surface area contributed by atoms with E-state index in [4.69, 9.17) is 4.74 Å². The molecule has 3 rings (SSSR count). The van der Waals surface area contributed by atoms with Crippen molar-refractivity contribution in [2.45, 2.75) is 37.4 Å². The summed E-state index contributed by atoms with van der Waals surface area (Å²) in [5.74, 6) is 0.416. The van der Waals surface area contributed by atoms with E-state index in [1.807, 2.05) is 16.9 Å². The van der Waals surface area contributed by atoms with E-state index in [0.29, 0.717) is 18.1 Å². The molecule has 0 saturated carbocycles. The van der Waals surface area contributed by atoms with Crippen LogP contribution in [-0.2, 0) is 11.5 Å². The number of rotatable bonds is 7. The van der Waals surface area contributed by atoms with E-state index in [2.05, 4.69) is 34.8 Å². The van der Waals surface area contributed by atoms with E-state index >= 15 is 0 Å². The van der Waals surface area contributed by atoms with Gasteiger partial charge in [-0.05, 0) is 24.4 Å². The van der Waals surface area contributed by atoms with Gasteiger partial charge in [-0.2, -0.15) is 5.10 Å². The van der Waals surface area contributed by atoms with Gasteiger partial charge in [0.05, 0.1) is 11.0 Å². The fourth-order valence-corrected chi connectivity index (χ4v) is 3.63.